The van der Waals surface area contributed by atoms with Gasteiger partial charge in [-0.25, -0.2) is 4.98 Å². The fourth-order valence-electron chi connectivity index (χ4n) is 1.66. The van der Waals surface area contributed by atoms with E-state index in [1.165, 1.54) is 0 Å². The zero-order valence-corrected chi connectivity index (χ0v) is 12.6. The maximum absolute atomic E-state index is 11.9. The fraction of sp³-hybridized carbons (Fsp3) is 0.143. The average Bonchev–Trinajstić information content (AvgIpc) is 2.34. The number of pyridine rings is 1. The van der Waals surface area contributed by atoms with Crippen LogP contribution in [0.1, 0.15) is 11.1 Å². The van der Waals surface area contributed by atoms with Crippen molar-refractivity contribution in [3.63, 3.8) is 0 Å². The fourth-order valence-corrected chi connectivity index (χ4v) is 2.21. The smallest absolute Gasteiger partial charge is 0.228 e. The highest BCUT2D eigenvalue weighted by atomic mass is 79.9. The number of halogens is 2. The number of nitrogens with one attached hydrogen (secondary N) is 1. The molecule has 0 aliphatic carbocycles. The summed E-state index contributed by atoms with van der Waals surface area (Å²) in [5.74, 6) is -0.0818. The number of hydrogen-bond donors (Lipinski definition) is 1. The van der Waals surface area contributed by atoms with Crippen LogP contribution in [-0.4, -0.2) is 10.9 Å². The molecule has 0 atom stereocenters. The van der Waals surface area contributed by atoms with Gasteiger partial charge in [0.2, 0.25) is 5.91 Å². The second-order valence-corrected chi connectivity index (χ2v) is 5.46. The molecule has 2 rings (SSSR count). The average molecular weight is 340 g/mol. The third kappa shape index (κ3) is 4.04. The van der Waals surface area contributed by atoms with Gasteiger partial charge in [0, 0.05) is 4.47 Å². The van der Waals surface area contributed by atoms with Gasteiger partial charge in [-0.3, -0.25) is 4.79 Å². The number of aryl methyl sites for hydroxylation is 1. The highest BCUT2D eigenvalue weighted by Crippen LogP contribution is 2.17. The molecule has 0 spiro atoms. The maximum Gasteiger partial charge on any atom is 0.228 e. The molecule has 19 heavy (non-hydrogen) atoms. The summed E-state index contributed by atoms with van der Waals surface area (Å²) in [4.78, 5) is 15.9. The van der Waals surface area contributed by atoms with Crippen LogP contribution in [0.2, 0.25) is 5.15 Å². The Labute approximate surface area is 125 Å². The minimum atomic E-state index is -0.0818. The first-order chi connectivity index (χ1) is 9.04. The summed E-state index contributed by atoms with van der Waals surface area (Å²) >= 11 is 9.22. The summed E-state index contributed by atoms with van der Waals surface area (Å²) in [5.41, 5.74) is 2.44. The lowest BCUT2D eigenvalue weighted by molar-refractivity contribution is -0.115. The lowest BCUT2D eigenvalue weighted by Crippen LogP contribution is -2.14. The van der Waals surface area contributed by atoms with Crippen LogP contribution in [0, 0.1) is 6.92 Å². The monoisotopic (exact) mass is 338 g/mol. The molecule has 5 heteroatoms. The number of amides is 1. The van der Waals surface area contributed by atoms with Gasteiger partial charge in [-0.1, -0.05) is 39.7 Å². The van der Waals surface area contributed by atoms with Gasteiger partial charge in [-0.05, 0) is 36.2 Å². The van der Waals surface area contributed by atoms with Gasteiger partial charge in [0.25, 0.3) is 0 Å². The number of anilines is 1. The van der Waals surface area contributed by atoms with Crippen molar-refractivity contribution in [3.05, 3.63) is 57.3 Å². The Morgan fingerprint density at radius 2 is 2.21 bits per heavy atom. The van der Waals surface area contributed by atoms with Crippen LogP contribution in [-0.2, 0) is 11.2 Å². The highest BCUT2D eigenvalue weighted by Gasteiger charge is 2.06. The van der Waals surface area contributed by atoms with Crippen LogP contribution < -0.4 is 5.32 Å². The molecule has 2 aromatic rings. The van der Waals surface area contributed by atoms with Gasteiger partial charge < -0.3 is 5.32 Å². The molecule has 1 amide bonds. The number of carbonyl (C=O) groups is 1. The number of benzene rings is 1. The standard InChI is InChI=1S/C14H12BrClN2O/c1-9-5-12(8-17-14(9)16)18-13(19)7-10-3-2-4-11(15)6-10/h2-6,8H,7H2,1H3,(H,18,19). The second-order valence-electron chi connectivity index (χ2n) is 4.19. The third-order valence-corrected chi connectivity index (χ3v) is 3.44. The predicted molar refractivity (Wildman–Crippen MR) is 80.5 cm³/mol. The summed E-state index contributed by atoms with van der Waals surface area (Å²) < 4.78 is 0.960. The van der Waals surface area contributed by atoms with E-state index in [0.29, 0.717) is 17.3 Å². The van der Waals surface area contributed by atoms with E-state index in [2.05, 4.69) is 26.2 Å². The molecule has 1 aromatic carbocycles. The van der Waals surface area contributed by atoms with Crippen LogP contribution in [0.15, 0.2) is 41.0 Å². The Kier molecular flexibility index (Phi) is 4.56. The van der Waals surface area contributed by atoms with E-state index in [9.17, 15) is 4.79 Å². The van der Waals surface area contributed by atoms with Crippen molar-refractivity contribution >= 4 is 39.1 Å². The van der Waals surface area contributed by atoms with Crippen LogP contribution in [0.3, 0.4) is 0 Å². The Balaban J connectivity index is 2.03. The third-order valence-electron chi connectivity index (χ3n) is 2.55. The number of hydrogen-bond acceptors (Lipinski definition) is 2. The molecule has 98 valence electrons. The van der Waals surface area contributed by atoms with Crippen molar-refractivity contribution in [3.8, 4) is 0 Å². The summed E-state index contributed by atoms with van der Waals surface area (Å²) in [7, 11) is 0. The summed E-state index contributed by atoms with van der Waals surface area (Å²) in [6.07, 6.45) is 1.87. The molecule has 0 bridgehead atoms. The summed E-state index contributed by atoms with van der Waals surface area (Å²) in [6, 6.07) is 9.46. The van der Waals surface area contributed by atoms with Crippen LogP contribution in [0.25, 0.3) is 0 Å². The Morgan fingerprint density at radius 3 is 2.89 bits per heavy atom. The van der Waals surface area contributed by atoms with Crippen molar-refractivity contribution < 1.29 is 4.79 Å². The Morgan fingerprint density at radius 1 is 1.42 bits per heavy atom. The minimum Gasteiger partial charge on any atom is -0.324 e. The van der Waals surface area contributed by atoms with E-state index in [1.807, 2.05) is 31.2 Å². The van der Waals surface area contributed by atoms with Gasteiger partial charge in [0.1, 0.15) is 5.15 Å². The molecular formula is C14H12BrClN2O. The molecular weight excluding hydrogens is 328 g/mol. The Hall–Kier alpha value is -1.39. The van der Waals surface area contributed by atoms with Crippen molar-refractivity contribution in [2.75, 3.05) is 5.32 Å². The van der Waals surface area contributed by atoms with E-state index in [-0.39, 0.29) is 5.91 Å². The van der Waals surface area contributed by atoms with Crippen molar-refractivity contribution in [2.24, 2.45) is 0 Å². The number of nitrogens with zero attached hydrogens (tertiary/aromatic N) is 1. The van der Waals surface area contributed by atoms with E-state index in [0.717, 1.165) is 15.6 Å². The first-order valence-electron chi connectivity index (χ1n) is 5.71. The predicted octanol–water partition coefficient (Wildman–Crippen LogP) is 3.99. The zero-order chi connectivity index (χ0) is 13.8. The van der Waals surface area contributed by atoms with Crippen LogP contribution in [0.4, 0.5) is 5.69 Å². The SMILES string of the molecule is Cc1cc(NC(=O)Cc2cccc(Br)c2)cnc1Cl. The highest BCUT2D eigenvalue weighted by molar-refractivity contribution is 9.10. The second kappa shape index (κ2) is 6.17. The quantitative estimate of drug-likeness (QED) is 0.859. The van der Waals surface area contributed by atoms with E-state index in [1.54, 1.807) is 12.3 Å². The van der Waals surface area contributed by atoms with Gasteiger partial charge in [0.15, 0.2) is 0 Å². The molecule has 0 fully saturated rings. The molecule has 1 N–H and O–H groups in total. The minimum absolute atomic E-state index is 0.0818. The van der Waals surface area contributed by atoms with Gasteiger partial charge in [-0.15, -0.1) is 0 Å². The maximum atomic E-state index is 11.9. The molecule has 0 unspecified atom stereocenters. The molecule has 0 saturated heterocycles. The molecule has 0 aliphatic rings. The van der Waals surface area contributed by atoms with Gasteiger partial charge in [-0.2, -0.15) is 0 Å². The molecule has 1 aromatic heterocycles. The van der Waals surface area contributed by atoms with Crippen molar-refractivity contribution in [1.82, 2.24) is 4.98 Å². The molecule has 0 radical (unpaired) electrons. The number of aromatic nitrogens is 1. The summed E-state index contributed by atoms with van der Waals surface area (Å²) in [5, 5.41) is 3.25. The lowest BCUT2D eigenvalue weighted by Gasteiger charge is -2.06. The summed E-state index contributed by atoms with van der Waals surface area (Å²) in [6.45, 7) is 1.85. The first-order valence-corrected chi connectivity index (χ1v) is 6.88. The molecule has 1 heterocycles. The molecule has 0 saturated carbocycles. The van der Waals surface area contributed by atoms with E-state index < -0.39 is 0 Å². The number of carbonyl (C=O) groups excluding carboxylic acids is 1. The van der Waals surface area contributed by atoms with E-state index >= 15 is 0 Å². The lowest BCUT2D eigenvalue weighted by atomic mass is 10.1. The van der Waals surface area contributed by atoms with Crippen LogP contribution >= 0.6 is 27.5 Å². The van der Waals surface area contributed by atoms with Gasteiger partial charge in [0.05, 0.1) is 18.3 Å². The molecule has 3 nitrogen and oxygen atoms in total. The first kappa shape index (κ1) is 14.0. The zero-order valence-electron chi connectivity index (χ0n) is 10.3. The number of rotatable bonds is 3. The normalized spacial score (nSPS) is 10.3. The van der Waals surface area contributed by atoms with Gasteiger partial charge >= 0.3 is 0 Å². The molecule has 0 aliphatic heterocycles. The van der Waals surface area contributed by atoms with Crippen molar-refractivity contribution in [2.45, 2.75) is 13.3 Å². The van der Waals surface area contributed by atoms with Crippen molar-refractivity contribution in [1.29, 1.82) is 0 Å². The topological polar surface area (TPSA) is 42.0 Å². The largest absolute Gasteiger partial charge is 0.324 e. The Bertz CT molecular complexity index is 616. The van der Waals surface area contributed by atoms with E-state index in [4.69, 9.17) is 11.6 Å². The van der Waals surface area contributed by atoms with Crippen LogP contribution in [0.5, 0.6) is 0 Å².